The Morgan fingerprint density at radius 3 is 2.79 bits per heavy atom. The van der Waals surface area contributed by atoms with E-state index in [0.29, 0.717) is 16.1 Å². The molecule has 122 valence electrons. The van der Waals surface area contributed by atoms with Crippen LogP contribution in [0.5, 0.6) is 0 Å². The molecule has 0 saturated carbocycles. The lowest BCUT2D eigenvalue weighted by Crippen LogP contribution is -2.25. The number of hydrogen-bond acceptors (Lipinski definition) is 5. The lowest BCUT2D eigenvalue weighted by Gasteiger charge is -2.06. The van der Waals surface area contributed by atoms with Crippen LogP contribution < -0.4 is 11.1 Å². The molecule has 1 N–H and O–H groups in total. The fourth-order valence-corrected chi connectivity index (χ4v) is 2.42. The number of nitrogens with zero attached hydrogens (tertiary/aromatic N) is 2. The van der Waals surface area contributed by atoms with Crippen LogP contribution >= 0.6 is 11.6 Å². The van der Waals surface area contributed by atoms with Gasteiger partial charge in [0.1, 0.15) is 12.2 Å². The lowest BCUT2D eigenvalue weighted by molar-refractivity contribution is -0.383. The molecule has 3 rings (SSSR count). The van der Waals surface area contributed by atoms with Gasteiger partial charge in [0.15, 0.2) is 5.58 Å². The van der Waals surface area contributed by atoms with Crippen LogP contribution in [-0.2, 0) is 11.3 Å². The van der Waals surface area contributed by atoms with E-state index in [-0.39, 0.29) is 17.9 Å². The number of nitrogens with one attached hydrogen (secondary N) is 1. The molecule has 0 aliphatic rings. The Labute approximate surface area is 139 Å². The fraction of sp³-hybridized carbons (Fsp3) is 0.0667. The van der Waals surface area contributed by atoms with E-state index in [9.17, 15) is 19.7 Å². The first kappa shape index (κ1) is 15.8. The first-order valence-corrected chi connectivity index (χ1v) is 7.15. The molecular weight excluding hydrogens is 338 g/mol. The molecular formula is C15H10ClN3O5. The van der Waals surface area contributed by atoms with Crippen molar-refractivity contribution in [1.29, 1.82) is 0 Å². The van der Waals surface area contributed by atoms with Crippen LogP contribution in [0.3, 0.4) is 0 Å². The molecule has 3 aromatic rings. The second-order valence-electron chi connectivity index (χ2n) is 4.89. The molecule has 1 heterocycles. The van der Waals surface area contributed by atoms with Gasteiger partial charge in [-0.2, -0.15) is 0 Å². The number of hydrogen-bond donors (Lipinski definition) is 1. The Morgan fingerprint density at radius 2 is 2.04 bits per heavy atom. The van der Waals surface area contributed by atoms with E-state index in [4.69, 9.17) is 16.0 Å². The van der Waals surface area contributed by atoms with Gasteiger partial charge in [-0.3, -0.25) is 19.5 Å². The smallest absolute Gasteiger partial charge is 0.408 e. The molecule has 0 radical (unpaired) electrons. The van der Waals surface area contributed by atoms with Crippen molar-refractivity contribution in [3.63, 3.8) is 0 Å². The summed E-state index contributed by atoms with van der Waals surface area (Å²) in [5.41, 5.74) is 0.470. The number of nitro benzene ring substituents is 1. The number of benzene rings is 2. The summed E-state index contributed by atoms with van der Waals surface area (Å²) in [5.74, 6) is -1.32. The van der Waals surface area contributed by atoms with Crippen molar-refractivity contribution in [2.24, 2.45) is 0 Å². The summed E-state index contributed by atoms with van der Waals surface area (Å²) in [6.45, 7) is -0.363. The highest BCUT2D eigenvalue weighted by molar-refractivity contribution is 6.31. The highest BCUT2D eigenvalue weighted by Gasteiger charge is 2.17. The second kappa shape index (κ2) is 6.17. The molecule has 24 heavy (non-hydrogen) atoms. The number of aromatic nitrogens is 1. The number of rotatable bonds is 4. The van der Waals surface area contributed by atoms with Gasteiger partial charge in [-0.15, -0.1) is 0 Å². The summed E-state index contributed by atoms with van der Waals surface area (Å²) in [4.78, 5) is 34.4. The maximum absolute atomic E-state index is 12.2. The third-order valence-corrected chi connectivity index (χ3v) is 3.54. The monoisotopic (exact) mass is 347 g/mol. The fourth-order valence-electron chi connectivity index (χ4n) is 2.26. The third-order valence-electron chi connectivity index (χ3n) is 3.31. The molecule has 0 fully saturated rings. The molecule has 0 saturated heterocycles. The maximum Gasteiger partial charge on any atom is 0.420 e. The van der Waals surface area contributed by atoms with Gasteiger partial charge in [0.2, 0.25) is 5.91 Å². The van der Waals surface area contributed by atoms with Gasteiger partial charge in [-0.25, -0.2) is 4.79 Å². The zero-order chi connectivity index (χ0) is 17.3. The predicted octanol–water partition coefficient (Wildman–Crippen LogP) is 2.79. The summed E-state index contributed by atoms with van der Waals surface area (Å²) in [6.07, 6.45) is 0. The van der Waals surface area contributed by atoms with E-state index in [2.05, 4.69) is 5.32 Å². The van der Waals surface area contributed by atoms with Crippen LogP contribution in [0.2, 0.25) is 5.02 Å². The van der Waals surface area contributed by atoms with Crippen molar-refractivity contribution in [2.45, 2.75) is 6.54 Å². The Bertz CT molecular complexity index is 1010. The molecule has 2 aromatic carbocycles. The van der Waals surface area contributed by atoms with E-state index in [1.54, 1.807) is 12.1 Å². The molecule has 0 unspecified atom stereocenters. The molecule has 0 bridgehead atoms. The lowest BCUT2D eigenvalue weighted by atomic mass is 10.2. The predicted molar refractivity (Wildman–Crippen MR) is 87.2 cm³/mol. The molecule has 8 nitrogen and oxygen atoms in total. The van der Waals surface area contributed by atoms with Crippen LogP contribution in [0, 0.1) is 10.1 Å². The van der Waals surface area contributed by atoms with E-state index >= 15 is 0 Å². The average Bonchev–Trinajstić information content (AvgIpc) is 2.83. The SMILES string of the molecule is O=C(Cn1c(=O)oc2ccc(Cl)cc21)Nc1ccccc1[N+](=O)[O-]. The van der Waals surface area contributed by atoms with E-state index in [0.717, 1.165) is 4.57 Å². The van der Waals surface area contributed by atoms with Gasteiger partial charge in [-0.05, 0) is 24.3 Å². The van der Waals surface area contributed by atoms with Crippen molar-refractivity contribution in [3.05, 3.63) is 68.2 Å². The zero-order valence-electron chi connectivity index (χ0n) is 12.1. The third kappa shape index (κ3) is 2.99. The topological polar surface area (TPSA) is 107 Å². The Hall–Kier alpha value is -3.13. The van der Waals surface area contributed by atoms with Crippen molar-refractivity contribution in [2.75, 3.05) is 5.32 Å². The molecule has 0 aliphatic carbocycles. The molecule has 1 amide bonds. The van der Waals surface area contributed by atoms with Crippen LogP contribution in [0.15, 0.2) is 51.7 Å². The quantitative estimate of drug-likeness (QED) is 0.576. The van der Waals surface area contributed by atoms with Crippen LogP contribution in [-0.4, -0.2) is 15.4 Å². The standard InChI is InChI=1S/C15H10ClN3O5/c16-9-5-6-13-12(7-9)18(15(21)24-13)8-14(20)17-10-3-1-2-4-11(10)19(22)23/h1-7H,8H2,(H,17,20). The van der Waals surface area contributed by atoms with Crippen LogP contribution in [0.25, 0.3) is 11.1 Å². The van der Waals surface area contributed by atoms with Crippen LogP contribution in [0.1, 0.15) is 0 Å². The minimum Gasteiger partial charge on any atom is -0.408 e. The first-order chi connectivity index (χ1) is 11.5. The summed E-state index contributed by atoms with van der Waals surface area (Å²) >= 11 is 5.89. The minimum atomic E-state index is -0.718. The van der Waals surface area contributed by atoms with E-state index < -0.39 is 16.6 Å². The second-order valence-corrected chi connectivity index (χ2v) is 5.33. The molecule has 1 aromatic heterocycles. The minimum absolute atomic E-state index is 0.0476. The summed E-state index contributed by atoms with van der Waals surface area (Å²) in [7, 11) is 0. The zero-order valence-corrected chi connectivity index (χ0v) is 12.8. The Morgan fingerprint density at radius 1 is 1.29 bits per heavy atom. The van der Waals surface area contributed by atoms with Crippen molar-refractivity contribution >= 4 is 40.0 Å². The normalized spacial score (nSPS) is 10.7. The van der Waals surface area contributed by atoms with Crippen molar-refractivity contribution in [3.8, 4) is 0 Å². The highest BCUT2D eigenvalue weighted by Crippen LogP contribution is 2.23. The number of nitro groups is 1. The number of anilines is 1. The largest absolute Gasteiger partial charge is 0.420 e. The van der Waals surface area contributed by atoms with Crippen LogP contribution in [0.4, 0.5) is 11.4 Å². The highest BCUT2D eigenvalue weighted by atomic mass is 35.5. The van der Waals surface area contributed by atoms with E-state index in [1.165, 1.54) is 30.3 Å². The summed E-state index contributed by atoms with van der Waals surface area (Å²) in [5, 5.41) is 13.8. The number of amides is 1. The number of para-hydroxylation sites is 2. The maximum atomic E-state index is 12.2. The molecule has 0 spiro atoms. The van der Waals surface area contributed by atoms with Crippen molar-refractivity contribution < 1.29 is 14.1 Å². The van der Waals surface area contributed by atoms with E-state index in [1.807, 2.05) is 0 Å². The summed E-state index contributed by atoms with van der Waals surface area (Å²) < 4.78 is 6.13. The molecule has 0 atom stereocenters. The molecule has 0 aliphatic heterocycles. The van der Waals surface area contributed by atoms with Gasteiger partial charge >= 0.3 is 5.76 Å². The van der Waals surface area contributed by atoms with Gasteiger partial charge in [0.05, 0.1) is 10.4 Å². The van der Waals surface area contributed by atoms with Gasteiger partial charge in [0, 0.05) is 11.1 Å². The number of carbonyl (C=O) groups is 1. The first-order valence-electron chi connectivity index (χ1n) is 6.78. The Kier molecular flexibility index (Phi) is 4.05. The number of fused-ring (bicyclic) bond motifs is 1. The van der Waals surface area contributed by atoms with Gasteiger partial charge < -0.3 is 9.73 Å². The summed E-state index contributed by atoms with van der Waals surface area (Å²) in [6, 6.07) is 10.3. The number of halogens is 1. The van der Waals surface area contributed by atoms with Gasteiger partial charge in [0.25, 0.3) is 5.69 Å². The number of oxazole rings is 1. The van der Waals surface area contributed by atoms with Crippen molar-refractivity contribution in [1.82, 2.24) is 4.57 Å². The molecule has 9 heteroatoms. The van der Waals surface area contributed by atoms with Gasteiger partial charge in [-0.1, -0.05) is 23.7 Å². The number of carbonyl (C=O) groups excluding carboxylic acids is 1. The average molecular weight is 348 g/mol. The Balaban J connectivity index is 1.89.